The summed E-state index contributed by atoms with van der Waals surface area (Å²) in [4.78, 5) is 15.8. The summed E-state index contributed by atoms with van der Waals surface area (Å²) >= 11 is 0. The molecule has 2 rings (SSSR count). The van der Waals surface area contributed by atoms with Crippen LogP contribution in [0.1, 0.15) is 49.9 Å². The van der Waals surface area contributed by atoms with E-state index in [1.807, 2.05) is 0 Å². The monoisotopic (exact) mass is 262 g/mol. The van der Waals surface area contributed by atoms with Crippen molar-refractivity contribution in [1.29, 1.82) is 0 Å². The number of carbonyl (C=O) groups excluding carboxylic acids is 1. The summed E-state index contributed by atoms with van der Waals surface area (Å²) in [6.45, 7) is 5.14. The molecular weight excluding hydrogens is 240 g/mol. The van der Waals surface area contributed by atoms with Gasteiger partial charge in [-0.25, -0.2) is 0 Å². The highest BCUT2D eigenvalue weighted by atomic mass is 16.3. The first-order valence-electron chi connectivity index (χ1n) is 6.94. The maximum absolute atomic E-state index is 12.0. The van der Waals surface area contributed by atoms with Crippen LogP contribution in [0.25, 0.3) is 0 Å². The molecule has 1 aromatic heterocycles. The molecule has 1 aliphatic carbocycles. The molecule has 0 saturated heterocycles. The minimum Gasteiger partial charge on any atom is -0.505 e. The van der Waals surface area contributed by atoms with Gasteiger partial charge in [0, 0.05) is 12.7 Å². The van der Waals surface area contributed by atoms with E-state index in [9.17, 15) is 9.90 Å². The molecule has 1 aromatic rings. The Bertz CT molecular complexity index is 453. The molecule has 1 heterocycles. The molecule has 4 nitrogen and oxygen atoms in total. The Morgan fingerprint density at radius 1 is 1.53 bits per heavy atom. The van der Waals surface area contributed by atoms with E-state index < -0.39 is 0 Å². The number of nitrogens with zero attached hydrogens (tertiary/aromatic N) is 1. The minimum atomic E-state index is -0.213. The largest absolute Gasteiger partial charge is 0.505 e. The molecule has 0 radical (unpaired) electrons. The lowest BCUT2D eigenvalue weighted by Gasteiger charge is -2.43. The third-order valence-corrected chi connectivity index (χ3v) is 3.92. The third-order valence-electron chi connectivity index (χ3n) is 3.92. The topological polar surface area (TPSA) is 62.2 Å². The highest BCUT2D eigenvalue weighted by Gasteiger charge is 2.37. The molecule has 0 atom stereocenters. The predicted octanol–water partition coefficient (Wildman–Crippen LogP) is 2.73. The highest BCUT2D eigenvalue weighted by molar-refractivity contribution is 5.96. The maximum atomic E-state index is 12.0. The molecule has 0 spiro atoms. The quantitative estimate of drug-likeness (QED) is 0.857. The second-order valence-electron chi connectivity index (χ2n) is 6.03. The van der Waals surface area contributed by atoms with Crippen LogP contribution in [0.4, 0.5) is 0 Å². The third kappa shape index (κ3) is 3.25. The molecule has 1 amide bonds. The molecule has 0 aliphatic heterocycles. The van der Waals surface area contributed by atoms with Gasteiger partial charge in [-0.3, -0.25) is 9.78 Å². The van der Waals surface area contributed by atoms with E-state index in [1.165, 1.54) is 31.7 Å². The highest BCUT2D eigenvalue weighted by Crippen LogP contribution is 2.45. The molecule has 4 heteroatoms. The SMILES string of the molecule is CC(C)CC1(CNC(=O)c2ccncc2O)CCC1. The zero-order valence-electron chi connectivity index (χ0n) is 11.6. The molecule has 0 unspecified atom stereocenters. The van der Waals surface area contributed by atoms with Gasteiger partial charge < -0.3 is 10.4 Å². The van der Waals surface area contributed by atoms with Crippen LogP contribution in [0.2, 0.25) is 0 Å². The molecule has 19 heavy (non-hydrogen) atoms. The first-order chi connectivity index (χ1) is 9.02. The van der Waals surface area contributed by atoms with Crippen molar-refractivity contribution in [1.82, 2.24) is 10.3 Å². The zero-order chi connectivity index (χ0) is 13.9. The van der Waals surface area contributed by atoms with Crippen molar-refractivity contribution < 1.29 is 9.90 Å². The van der Waals surface area contributed by atoms with Gasteiger partial charge in [-0.05, 0) is 36.7 Å². The van der Waals surface area contributed by atoms with Crippen molar-refractivity contribution in [3.8, 4) is 5.75 Å². The van der Waals surface area contributed by atoms with Gasteiger partial charge in [-0.2, -0.15) is 0 Å². The molecular formula is C15H22N2O2. The van der Waals surface area contributed by atoms with E-state index >= 15 is 0 Å². The van der Waals surface area contributed by atoms with Crippen LogP contribution in [-0.4, -0.2) is 22.5 Å². The Hall–Kier alpha value is -1.58. The lowest BCUT2D eigenvalue weighted by atomic mass is 9.64. The van der Waals surface area contributed by atoms with Crippen LogP contribution >= 0.6 is 0 Å². The van der Waals surface area contributed by atoms with Gasteiger partial charge in [-0.1, -0.05) is 20.3 Å². The lowest BCUT2D eigenvalue weighted by molar-refractivity contribution is 0.0779. The summed E-state index contributed by atoms with van der Waals surface area (Å²) in [5.74, 6) is 0.369. The van der Waals surface area contributed by atoms with E-state index in [1.54, 1.807) is 6.07 Å². The number of aromatic nitrogens is 1. The number of carbonyl (C=O) groups is 1. The van der Waals surface area contributed by atoms with E-state index in [2.05, 4.69) is 24.1 Å². The van der Waals surface area contributed by atoms with Gasteiger partial charge in [0.2, 0.25) is 0 Å². The number of hydrogen-bond donors (Lipinski definition) is 2. The first-order valence-corrected chi connectivity index (χ1v) is 6.94. The number of amides is 1. The van der Waals surface area contributed by atoms with Crippen molar-refractivity contribution in [3.63, 3.8) is 0 Å². The molecule has 0 bridgehead atoms. The van der Waals surface area contributed by atoms with E-state index in [0.29, 0.717) is 18.0 Å². The summed E-state index contributed by atoms with van der Waals surface area (Å²) < 4.78 is 0. The first kappa shape index (κ1) is 13.8. The molecule has 1 aliphatic rings. The van der Waals surface area contributed by atoms with E-state index in [4.69, 9.17) is 0 Å². The van der Waals surface area contributed by atoms with Crippen molar-refractivity contribution in [3.05, 3.63) is 24.0 Å². The van der Waals surface area contributed by atoms with Crippen LogP contribution < -0.4 is 5.32 Å². The van der Waals surface area contributed by atoms with Crippen molar-refractivity contribution in [2.45, 2.75) is 39.5 Å². The molecule has 104 valence electrons. The van der Waals surface area contributed by atoms with Crippen molar-refractivity contribution in [2.24, 2.45) is 11.3 Å². The predicted molar refractivity (Wildman–Crippen MR) is 74.0 cm³/mol. The zero-order valence-corrected chi connectivity index (χ0v) is 11.6. The lowest BCUT2D eigenvalue weighted by Crippen LogP contribution is -2.43. The number of rotatable bonds is 5. The van der Waals surface area contributed by atoms with Crippen molar-refractivity contribution >= 4 is 5.91 Å². The Balaban J connectivity index is 1.95. The van der Waals surface area contributed by atoms with Gasteiger partial charge in [0.05, 0.1) is 11.8 Å². The fourth-order valence-corrected chi connectivity index (χ4v) is 2.94. The van der Waals surface area contributed by atoms with Crippen LogP contribution in [0.5, 0.6) is 5.75 Å². The fourth-order valence-electron chi connectivity index (χ4n) is 2.94. The Morgan fingerprint density at radius 2 is 2.26 bits per heavy atom. The molecule has 1 fully saturated rings. The Kier molecular flexibility index (Phi) is 4.08. The summed E-state index contributed by atoms with van der Waals surface area (Å²) in [6.07, 6.45) is 7.59. The van der Waals surface area contributed by atoms with Crippen molar-refractivity contribution in [2.75, 3.05) is 6.54 Å². The number of nitrogens with one attached hydrogen (secondary N) is 1. The average molecular weight is 262 g/mol. The van der Waals surface area contributed by atoms with Crippen LogP contribution in [0, 0.1) is 11.3 Å². The van der Waals surface area contributed by atoms with E-state index in [-0.39, 0.29) is 17.1 Å². The Labute approximate surface area is 114 Å². The van der Waals surface area contributed by atoms with Gasteiger partial charge in [0.1, 0.15) is 5.75 Å². The van der Waals surface area contributed by atoms with Gasteiger partial charge in [-0.15, -0.1) is 0 Å². The normalized spacial score (nSPS) is 17.0. The Morgan fingerprint density at radius 3 is 2.79 bits per heavy atom. The summed E-state index contributed by atoms with van der Waals surface area (Å²) in [7, 11) is 0. The molecule has 0 aromatic carbocycles. The molecule has 1 saturated carbocycles. The minimum absolute atomic E-state index is 0.0634. The molecule has 2 N–H and O–H groups in total. The fraction of sp³-hybridized carbons (Fsp3) is 0.600. The van der Waals surface area contributed by atoms with E-state index in [0.717, 1.165) is 6.42 Å². The average Bonchev–Trinajstić information content (AvgIpc) is 2.32. The summed E-state index contributed by atoms with van der Waals surface area (Å²) in [5, 5.41) is 12.6. The van der Waals surface area contributed by atoms with Gasteiger partial charge in [0.25, 0.3) is 5.91 Å². The van der Waals surface area contributed by atoms with Crippen LogP contribution in [-0.2, 0) is 0 Å². The second kappa shape index (κ2) is 5.59. The standard InChI is InChI=1S/C15H22N2O2/c1-11(2)8-15(5-3-6-15)10-17-14(19)12-4-7-16-9-13(12)18/h4,7,9,11,18H,3,5-6,8,10H2,1-2H3,(H,17,19). The smallest absolute Gasteiger partial charge is 0.255 e. The number of aromatic hydroxyl groups is 1. The maximum Gasteiger partial charge on any atom is 0.255 e. The number of pyridine rings is 1. The van der Waals surface area contributed by atoms with Gasteiger partial charge >= 0.3 is 0 Å². The summed E-state index contributed by atoms with van der Waals surface area (Å²) in [6, 6.07) is 1.54. The number of hydrogen-bond acceptors (Lipinski definition) is 3. The van der Waals surface area contributed by atoms with Crippen LogP contribution in [0.3, 0.4) is 0 Å². The van der Waals surface area contributed by atoms with Gasteiger partial charge in [0.15, 0.2) is 0 Å². The second-order valence-corrected chi connectivity index (χ2v) is 6.03. The van der Waals surface area contributed by atoms with Crippen LogP contribution in [0.15, 0.2) is 18.5 Å². The summed E-state index contributed by atoms with van der Waals surface area (Å²) in [5.41, 5.74) is 0.570.